The molecule has 0 amide bonds. The fourth-order valence-corrected chi connectivity index (χ4v) is 2.31. The maximum atomic E-state index is 5.55. The molecule has 1 unspecified atom stereocenters. The van der Waals surface area contributed by atoms with E-state index in [0.29, 0.717) is 6.61 Å². The molecule has 0 saturated carbocycles. The first kappa shape index (κ1) is 13.5. The van der Waals surface area contributed by atoms with Crippen LogP contribution in [0.25, 0.3) is 0 Å². The molecule has 1 saturated heterocycles. The van der Waals surface area contributed by atoms with E-state index in [1.165, 1.54) is 17.5 Å². The molecule has 1 aliphatic rings. The minimum atomic E-state index is 0.128. The molecule has 1 aromatic rings. The van der Waals surface area contributed by atoms with Gasteiger partial charge in [-0.15, -0.1) is 0 Å². The minimum Gasteiger partial charge on any atom is -0.380 e. The van der Waals surface area contributed by atoms with Gasteiger partial charge in [0, 0.05) is 25.8 Å². The fraction of sp³-hybridized carbons (Fsp3) is 0.600. The van der Waals surface area contributed by atoms with Crippen LogP contribution in [0.5, 0.6) is 0 Å². The van der Waals surface area contributed by atoms with Crippen molar-refractivity contribution in [2.75, 3.05) is 20.3 Å². The van der Waals surface area contributed by atoms with Gasteiger partial charge in [0.25, 0.3) is 0 Å². The quantitative estimate of drug-likeness (QED) is 0.869. The van der Waals surface area contributed by atoms with Gasteiger partial charge < -0.3 is 14.8 Å². The van der Waals surface area contributed by atoms with Gasteiger partial charge in [0.05, 0.1) is 13.2 Å². The Balaban J connectivity index is 1.85. The topological polar surface area (TPSA) is 30.5 Å². The third kappa shape index (κ3) is 3.80. The molecule has 1 aromatic carbocycles. The Hall–Kier alpha value is -0.900. The molecule has 0 spiro atoms. The van der Waals surface area contributed by atoms with E-state index in [0.717, 1.165) is 26.2 Å². The largest absolute Gasteiger partial charge is 0.380 e. The average molecular weight is 249 g/mol. The predicted octanol–water partition coefficient (Wildman–Crippen LogP) is 2.49. The molecule has 2 rings (SSSR count). The Labute approximate surface area is 109 Å². The van der Waals surface area contributed by atoms with Gasteiger partial charge in [0.2, 0.25) is 0 Å². The summed E-state index contributed by atoms with van der Waals surface area (Å²) in [6.07, 6.45) is 2.34. The zero-order valence-electron chi connectivity index (χ0n) is 11.4. The molecule has 0 aliphatic carbocycles. The van der Waals surface area contributed by atoms with Crippen molar-refractivity contribution in [1.82, 2.24) is 5.32 Å². The third-order valence-corrected chi connectivity index (χ3v) is 3.49. The highest BCUT2D eigenvalue weighted by atomic mass is 16.5. The minimum absolute atomic E-state index is 0.128. The van der Waals surface area contributed by atoms with Crippen LogP contribution < -0.4 is 5.32 Å². The van der Waals surface area contributed by atoms with Crippen LogP contribution in [-0.4, -0.2) is 25.9 Å². The lowest BCUT2D eigenvalue weighted by Gasteiger charge is -2.34. The maximum absolute atomic E-state index is 5.55. The second-order valence-electron chi connectivity index (χ2n) is 5.32. The van der Waals surface area contributed by atoms with Gasteiger partial charge in [-0.05, 0) is 30.9 Å². The monoisotopic (exact) mass is 249 g/mol. The molecule has 1 atom stereocenters. The molecule has 1 aliphatic heterocycles. The summed E-state index contributed by atoms with van der Waals surface area (Å²) in [5.74, 6) is 0. The molecule has 0 radical (unpaired) electrons. The Kier molecular flexibility index (Phi) is 4.75. The van der Waals surface area contributed by atoms with Crippen LogP contribution in [0.3, 0.4) is 0 Å². The zero-order valence-corrected chi connectivity index (χ0v) is 11.4. The number of benzene rings is 1. The van der Waals surface area contributed by atoms with Crippen molar-refractivity contribution in [1.29, 1.82) is 0 Å². The SMILES string of the molecule is COCc1ccc(CNC2(C)CCCOC2)cc1. The highest BCUT2D eigenvalue weighted by molar-refractivity contribution is 5.22. The van der Waals surface area contributed by atoms with Crippen molar-refractivity contribution < 1.29 is 9.47 Å². The lowest BCUT2D eigenvalue weighted by Crippen LogP contribution is -2.48. The van der Waals surface area contributed by atoms with Crippen LogP contribution >= 0.6 is 0 Å². The number of hydrogen-bond donors (Lipinski definition) is 1. The molecule has 100 valence electrons. The Bertz CT molecular complexity index is 355. The van der Waals surface area contributed by atoms with Gasteiger partial charge in [0.15, 0.2) is 0 Å². The Morgan fingerprint density at radius 3 is 2.61 bits per heavy atom. The molecular formula is C15H23NO2. The summed E-state index contributed by atoms with van der Waals surface area (Å²) in [5, 5.41) is 3.61. The second-order valence-corrected chi connectivity index (χ2v) is 5.32. The first-order valence-corrected chi connectivity index (χ1v) is 6.61. The van der Waals surface area contributed by atoms with Gasteiger partial charge >= 0.3 is 0 Å². The molecule has 0 bridgehead atoms. The van der Waals surface area contributed by atoms with Crippen molar-refractivity contribution >= 4 is 0 Å². The van der Waals surface area contributed by atoms with Gasteiger partial charge in [-0.3, -0.25) is 0 Å². The third-order valence-electron chi connectivity index (χ3n) is 3.49. The van der Waals surface area contributed by atoms with Crippen LogP contribution in [0.15, 0.2) is 24.3 Å². The smallest absolute Gasteiger partial charge is 0.0713 e. The van der Waals surface area contributed by atoms with E-state index in [1.54, 1.807) is 7.11 Å². The molecule has 3 heteroatoms. The highest BCUT2D eigenvalue weighted by Gasteiger charge is 2.26. The van der Waals surface area contributed by atoms with Crippen molar-refractivity contribution in [3.8, 4) is 0 Å². The summed E-state index contributed by atoms with van der Waals surface area (Å²) >= 11 is 0. The number of ether oxygens (including phenoxy) is 2. The molecule has 1 N–H and O–H groups in total. The van der Waals surface area contributed by atoms with Crippen LogP contribution in [0, 0.1) is 0 Å². The van der Waals surface area contributed by atoms with Crippen molar-refractivity contribution in [2.45, 2.75) is 38.5 Å². The van der Waals surface area contributed by atoms with Crippen LogP contribution in [0.1, 0.15) is 30.9 Å². The maximum Gasteiger partial charge on any atom is 0.0713 e. The normalized spacial score (nSPS) is 24.1. The van der Waals surface area contributed by atoms with E-state index in [1.807, 2.05) is 0 Å². The van der Waals surface area contributed by atoms with E-state index in [4.69, 9.17) is 9.47 Å². The zero-order chi connectivity index (χ0) is 12.8. The molecular weight excluding hydrogens is 226 g/mol. The molecule has 1 heterocycles. The van der Waals surface area contributed by atoms with Gasteiger partial charge in [-0.1, -0.05) is 24.3 Å². The van der Waals surface area contributed by atoms with Gasteiger partial charge in [0.1, 0.15) is 0 Å². The Morgan fingerprint density at radius 2 is 2.00 bits per heavy atom. The van der Waals surface area contributed by atoms with Crippen LogP contribution in [0.2, 0.25) is 0 Å². The lowest BCUT2D eigenvalue weighted by atomic mass is 9.94. The van der Waals surface area contributed by atoms with Gasteiger partial charge in [-0.2, -0.15) is 0 Å². The number of methoxy groups -OCH3 is 1. The van der Waals surface area contributed by atoms with E-state index in [9.17, 15) is 0 Å². The molecule has 3 nitrogen and oxygen atoms in total. The van der Waals surface area contributed by atoms with Crippen LogP contribution in [-0.2, 0) is 22.6 Å². The van der Waals surface area contributed by atoms with Crippen molar-refractivity contribution in [2.24, 2.45) is 0 Å². The predicted molar refractivity (Wildman–Crippen MR) is 72.5 cm³/mol. The average Bonchev–Trinajstić information content (AvgIpc) is 2.39. The van der Waals surface area contributed by atoms with Crippen molar-refractivity contribution in [3.63, 3.8) is 0 Å². The van der Waals surface area contributed by atoms with E-state index >= 15 is 0 Å². The van der Waals surface area contributed by atoms with Gasteiger partial charge in [-0.25, -0.2) is 0 Å². The summed E-state index contributed by atoms with van der Waals surface area (Å²) in [7, 11) is 1.72. The number of hydrogen-bond acceptors (Lipinski definition) is 3. The number of nitrogens with one attached hydrogen (secondary N) is 1. The summed E-state index contributed by atoms with van der Waals surface area (Å²) in [6, 6.07) is 8.57. The van der Waals surface area contributed by atoms with Crippen molar-refractivity contribution in [3.05, 3.63) is 35.4 Å². The molecule has 18 heavy (non-hydrogen) atoms. The molecule has 0 aromatic heterocycles. The standard InChI is InChI=1S/C15H23NO2/c1-15(8-3-9-18-12-15)16-10-13-4-6-14(7-5-13)11-17-2/h4-7,16H,3,8-12H2,1-2H3. The fourth-order valence-electron chi connectivity index (χ4n) is 2.31. The first-order chi connectivity index (χ1) is 8.72. The van der Waals surface area contributed by atoms with E-state index in [2.05, 4.69) is 36.5 Å². The summed E-state index contributed by atoms with van der Waals surface area (Å²) < 4.78 is 10.7. The summed E-state index contributed by atoms with van der Waals surface area (Å²) in [6.45, 7) is 5.54. The van der Waals surface area contributed by atoms with E-state index < -0.39 is 0 Å². The second kappa shape index (κ2) is 6.32. The summed E-state index contributed by atoms with van der Waals surface area (Å²) in [4.78, 5) is 0. The van der Waals surface area contributed by atoms with E-state index in [-0.39, 0.29) is 5.54 Å². The number of rotatable bonds is 5. The lowest BCUT2D eigenvalue weighted by molar-refractivity contribution is 0.0278. The molecule has 1 fully saturated rings. The Morgan fingerprint density at radius 1 is 1.28 bits per heavy atom. The summed E-state index contributed by atoms with van der Waals surface area (Å²) in [5.41, 5.74) is 2.65. The highest BCUT2D eigenvalue weighted by Crippen LogP contribution is 2.19. The van der Waals surface area contributed by atoms with Crippen LogP contribution in [0.4, 0.5) is 0 Å². The first-order valence-electron chi connectivity index (χ1n) is 6.61.